The molecule has 4 N–H and O–H groups in total. The molecule has 178 valence electrons. The van der Waals surface area contributed by atoms with E-state index < -0.39 is 0 Å². The van der Waals surface area contributed by atoms with Gasteiger partial charge in [0, 0.05) is 54.3 Å². The first-order valence-corrected chi connectivity index (χ1v) is 11.6. The Bertz CT molecular complexity index is 1300. The number of fused-ring (bicyclic) bond motifs is 1. The summed E-state index contributed by atoms with van der Waals surface area (Å²) in [6.07, 6.45) is 7.94. The maximum atomic E-state index is 11.2. The van der Waals surface area contributed by atoms with E-state index in [4.69, 9.17) is 5.73 Å². The molecule has 7 nitrogen and oxygen atoms in total. The van der Waals surface area contributed by atoms with Crippen molar-refractivity contribution in [1.82, 2.24) is 19.8 Å². The van der Waals surface area contributed by atoms with Crippen molar-refractivity contribution in [3.05, 3.63) is 78.5 Å². The fourth-order valence-electron chi connectivity index (χ4n) is 4.61. The van der Waals surface area contributed by atoms with Gasteiger partial charge in [-0.15, -0.1) is 0 Å². The molecule has 1 aliphatic carbocycles. The van der Waals surface area contributed by atoms with Crippen LogP contribution in [0.2, 0.25) is 0 Å². The minimum absolute atomic E-state index is 0.109. The lowest BCUT2D eigenvalue weighted by molar-refractivity contribution is 0.211. The maximum absolute atomic E-state index is 11.2. The number of nitriles is 1. The molecule has 0 atom stereocenters. The van der Waals surface area contributed by atoms with Crippen LogP contribution in [0.25, 0.3) is 34.3 Å². The van der Waals surface area contributed by atoms with Gasteiger partial charge >= 0.3 is 0 Å². The number of nitrogen functional groups attached to an aromatic ring is 1. The molecule has 0 spiro atoms. The maximum Gasteiger partial charge on any atom is 0.198 e. The van der Waals surface area contributed by atoms with Crippen molar-refractivity contribution in [3.63, 3.8) is 0 Å². The van der Waals surface area contributed by atoms with Gasteiger partial charge in [0.25, 0.3) is 0 Å². The van der Waals surface area contributed by atoms with Crippen LogP contribution in [0, 0.1) is 11.3 Å². The van der Waals surface area contributed by atoms with Crippen LogP contribution in [0.3, 0.4) is 0 Å². The van der Waals surface area contributed by atoms with Crippen molar-refractivity contribution < 1.29 is 5.11 Å². The standard InChI is InChI=1S/C28H30N6O/c1-4-6-12-21(13-14-29)34-17-15-33(16-18-34)19(3)23-22(5-2)27(35)24-25(20-10-8-7-9-11-20)31-28(30)32-26(23)24/h4-12,35H,2-3,13,15-18H2,1H3,(H3,30,31,32). The highest BCUT2D eigenvalue weighted by molar-refractivity contribution is 5.98. The van der Waals surface area contributed by atoms with Crippen LogP contribution in [0.4, 0.5) is 5.95 Å². The van der Waals surface area contributed by atoms with Gasteiger partial charge < -0.3 is 25.6 Å². The normalized spacial score (nSPS) is 14.5. The Kier molecular flexibility index (Phi) is 6.93. The second-order valence-corrected chi connectivity index (χ2v) is 8.37. The van der Waals surface area contributed by atoms with Crippen molar-refractivity contribution in [1.29, 1.82) is 5.26 Å². The number of H-pyrrole nitrogens is 1. The Morgan fingerprint density at radius 3 is 2.54 bits per heavy atom. The lowest BCUT2D eigenvalue weighted by Crippen LogP contribution is -2.44. The first-order chi connectivity index (χ1) is 17.0. The molecule has 0 amide bonds. The number of hydrogen-bond donors (Lipinski definition) is 3. The number of benzene rings is 1. The number of rotatable bonds is 7. The van der Waals surface area contributed by atoms with Gasteiger partial charge in [-0.1, -0.05) is 61.7 Å². The molecule has 1 saturated heterocycles. The predicted octanol–water partition coefficient (Wildman–Crippen LogP) is 5.07. The van der Waals surface area contributed by atoms with Crippen LogP contribution in [0.15, 0.2) is 67.4 Å². The number of hydrogen-bond acceptors (Lipinski definition) is 6. The molecular formula is C28H30N6O. The van der Waals surface area contributed by atoms with Crippen molar-refractivity contribution in [2.75, 3.05) is 31.9 Å². The Morgan fingerprint density at radius 2 is 1.91 bits per heavy atom. The van der Waals surface area contributed by atoms with Crippen molar-refractivity contribution in [3.8, 4) is 34.3 Å². The van der Waals surface area contributed by atoms with Crippen molar-refractivity contribution in [2.45, 2.75) is 13.3 Å². The molecular weight excluding hydrogens is 436 g/mol. The Morgan fingerprint density at radius 1 is 1.23 bits per heavy atom. The van der Waals surface area contributed by atoms with E-state index in [-0.39, 0.29) is 11.7 Å². The van der Waals surface area contributed by atoms with Gasteiger partial charge in [-0.05, 0) is 13.0 Å². The molecule has 0 saturated carbocycles. The van der Waals surface area contributed by atoms with Crippen LogP contribution in [-0.2, 0) is 0 Å². The molecule has 35 heavy (non-hydrogen) atoms. The summed E-state index contributed by atoms with van der Waals surface area (Å²) in [5.41, 5.74) is 12.1. The number of nitrogens with two attached hydrogens (primary N) is 1. The first kappa shape index (κ1) is 23.7. The van der Waals surface area contributed by atoms with Crippen molar-refractivity contribution in [2.24, 2.45) is 0 Å². The Balaban J connectivity index is 1.68. The van der Waals surface area contributed by atoms with E-state index in [2.05, 4.69) is 39.0 Å². The van der Waals surface area contributed by atoms with Crippen LogP contribution in [-0.4, -0.2) is 51.1 Å². The number of allylic oxidation sites excluding steroid dienone is 4. The fourth-order valence-corrected chi connectivity index (χ4v) is 4.61. The van der Waals surface area contributed by atoms with E-state index in [0.29, 0.717) is 28.9 Å². The van der Waals surface area contributed by atoms with E-state index in [0.717, 1.165) is 48.7 Å². The summed E-state index contributed by atoms with van der Waals surface area (Å²) >= 11 is 0. The average molecular weight is 467 g/mol. The van der Waals surface area contributed by atoms with E-state index in [9.17, 15) is 10.4 Å². The van der Waals surface area contributed by atoms with Gasteiger partial charge in [-0.3, -0.25) is 0 Å². The predicted molar refractivity (Wildman–Crippen MR) is 142 cm³/mol. The van der Waals surface area contributed by atoms with Crippen LogP contribution >= 0.6 is 0 Å². The second-order valence-electron chi connectivity index (χ2n) is 8.37. The number of aromatic amines is 1. The minimum atomic E-state index is 0.109. The number of nitrogens with zero attached hydrogens (tertiary/aromatic N) is 4. The topological polar surface area (TPSA) is 105 Å². The third-order valence-corrected chi connectivity index (χ3v) is 6.33. The molecule has 1 fully saturated rings. The SMILES string of the molecule is C=Cc1c(O)c2c(-c3ccccc3)nc(N)[nH]c-2c1C(=C)N1CCN(C(=CC=CC)CC#N)CC1. The Hall–Kier alpha value is -4.44. The molecule has 4 rings (SSSR count). The highest BCUT2D eigenvalue weighted by atomic mass is 16.3. The number of nitrogens with one attached hydrogen (secondary N) is 1. The average Bonchev–Trinajstić information content (AvgIpc) is 3.17. The molecule has 3 aliphatic rings. The highest BCUT2D eigenvalue weighted by Crippen LogP contribution is 2.49. The molecule has 2 aliphatic heterocycles. The summed E-state index contributed by atoms with van der Waals surface area (Å²) in [4.78, 5) is 12.1. The molecule has 0 aromatic heterocycles. The molecule has 0 radical (unpaired) electrons. The zero-order chi connectivity index (χ0) is 24.9. The molecule has 2 heterocycles. The Labute approximate surface area is 206 Å². The van der Waals surface area contributed by atoms with E-state index >= 15 is 0 Å². The minimum Gasteiger partial charge on any atom is -0.507 e. The molecule has 1 aromatic carbocycles. The van der Waals surface area contributed by atoms with Gasteiger partial charge in [-0.2, -0.15) is 5.26 Å². The van der Waals surface area contributed by atoms with Gasteiger partial charge in [-0.25, -0.2) is 4.98 Å². The fraction of sp³-hybridized carbons (Fsp3) is 0.214. The van der Waals surface area contributed by atoms with Gasteiger partial charge in [0.15, 0.2) is 5.95 Å². The van der Waals surface area contributed by atoms with Gasteiger partial charge in [0.2, 0.25) is 0 Å². The summed E-state index contributed by atoms with van der Waals surface area (Å²) in [5.74, 6) is 0.365. The van der Waals surface area contributed by atoms with E-state index in [1.54, 1.807) is 6.08 Å². The summed E-state index contributed by atoms with van der Waals surface area (Å²) in [6, 6.07) is 11.9. The van der Waals surface area contributed by atoms with Crippen LogP contribution in [0.1, 0.15) is 24.5 Å². The number of piperazine rings is 1. The monoisotopic (exact) mass is 466 g/mol. The lowest BCUT2D eigenvalue weighted by atomic mass is 10.0. The van der Waals surface area contributed by atoms with E-state index in [1.807, 2.05) is 55.5 Å². The molecule has 0 bridgehead atoms. The molecule has 0 unspecified atom stereocenters. The van der Waals surface area contributed by atoms with Gasteiger partial charge in [0.05, 0.1) is 29.4 Å². The highest BCUT2D eigenvalue weighted by Gasteiger charge is 2.31. The smallest absolute Gasteiger partial charge is 0.198 e. The second kappa shape index (κ2) is 10.2. The molecule has 7 heteroatoms. The van der Waals surface area contributed by atoms with Crippen LogP contribution < -0.4 is 5.73 Å². The zero-order valence-electron chi connectivity index (χ0n) is 20.0. The zero-order valence-corrected chi connectivity index (χ0v) is 20.0. The molecule has 1 aromatic rings. The van der Waals surface area contributed by atoms with Gasteiger partial charge in [0.1, 0.15) is 5.75 Å². The third-order valence-electron chi connectivity index (χ3n) is 6.33. The number of aromatic hydroxyl groups is 1. The summed E-state index contributed by atoms with van der Waals surface area (Å²) in [5, 5.41) is 20.4. The lowest BCUT2D eigenvalue weighted by Gasteiger charge is -2.39. The largest absolute Gasteiger partial charge is 0.507 e. The number of aromatic nitrogens is 2. The van der Waals surface area contributed by atoms with E-state index in [1.165, 1.54) is 0 Å². The quantitative estimate of drug-likeness (QED) is 0.420. The third kappa shape index (κ3) is 4.51. The summed E-state index contributed by atoms with van der Waals surface area (Å²) in [6.45, 7) is 13.3. The van der Waals surface area contributed by atoms with Crippen molar-refractivity contribution >= 4 is 17.7 Å². The first-order valence-electron chi connectivity index (χ1n) is 11.6. The number of anilines is 1. The summed E-state index contributed by atoms with van der Waals surface area (Å²) < 4.78 is 0. The summed E-state index contributed by atoms with van der Waals surface area (Å²) in [7, 11) is 0. The van der Waals surface area contributed by atoms with Crippen LogP contribution in [0.5, 0.6) is 5.75 Å².